The van der Waals surface area contributed by atoms with E-state index in [0.29, 0.717) is 22.6 Å². The molecule has 1 atom stereocenters. The number of hydrogen-bond acceptors (Lipinski definition) is 6. The second-order valence-electron chi connectivity index (χ2n) is 7.20. The Morgan fingerprint density at radius 2 is 1.85 bits per heavy atom. The normalized spacial score (nSPS) is 21.9. The van der Waals surface area contributed by atoms with Gasteiger partial charge in [-0.3, -0.25) is 5.41 Å². The number of halogens is 1. The number of benzene rings is 1. The fraction of sp³-hybridized carbons (Fsp3) is 0.316. The molecular formula is C19H19ClN4OS2. The zero-order valence-electron chi connectivity index (χ0n) is 15.2. The van der Waals surface area contributed by atoms with E-state index >= 15 is 0 Å². The largest absolute Gasteiger partial charge is 0.415 e. The average Bonchev–Trinajstić information content (AvgIpc) is 3.27. The molecule has 0 amide bonds. The number of nitrogens with one attached hydrogen (secondary N) is 2. The maximum atomic E-state index is 8.33. The summed E-state index contributed by atoms with van der Waals surface area (Å²) < 4.78 is 5.64. The first kappa shape index (κ1) is 18.5. The molecule has 140 valence electrons. The molecule has 0 radical (unpaired) electrons. The van der Waals surface area contributed by atoms with Crippen molar-refractivity contribution >= 4 is 40.5 Å². The Bertz CT molecular complexity index is 998. The van der Waals surface area contributed by atoms with Gasteiger partial charge in [-0.2, -0.15) is 0 Å². The van der Waals surface area contributed by atoms with Gasteiger partial charge in [0.15, 0.2) is 0 Å². The van der Waals surface area contributed by atoms with Crippen LogP contribution in [0.1, 0.15) is 25.6 Å². The molecule has 4 rings (SSSR count). The highest BCUT2D eigenvalue weighted by atomic mass is 35.5. The fourth-order valence-corrected chi connectivity index (χ4v) is 5.57. The molecule has 0 unspecified atom stereocenters. The third-order valence-corrected chi connectivity index (χ3v) is 8.01. The summed E-state index contributed by atoms with van der Waals surface area (Å²) in [6, 6.07) is 11.5. The number of thiophene rings is 1. The molecule has 1 aromatic carbocycles. The minimum atomic E-state index is -0.403. The summed E-state index contributed by atoms with van der Waals surface area (Å²) in [5.74, 6) is 2.27. The van der Waals surface area contributed by atoms with E-state index in [1.807, 2.05) is 36.4 Å². The van der Waals surface area contributed by atoms with Gasteiger partial charge in [0.1, 0.15) is 5.84 Å². The SMILES string of the molecule is CC1(C)SC[C@@](C)(c2sc(-c3nnc(-c4ccccc4)o3)cc2Cl)NC1=N. The van der Waals surface area contributed by atoms with Crippen molar-refractivity contribution in [2.24, 2.45) is 0 Å². The minimum Gasteiger partial charge on any atom is -0.415 e. The van der Waals surface area contributed by atoms with Gasteiger partial charge in [0.25, 0.3) is 5.89 Å². The Morgan fingerprint density at radius 1 is 1.15 bits per heavy atom. The van der Waals surface area contributed by atoms with Crippen LogP contribution in [0.25, 0.3) is 22.2 Å². The molecule has 0 aliphatic carbocycles. The van der Waals surface area contributed by atoms with E-state index in [1.54, 1.807) is 11.8 Å². The highest BCUT2D eigenvalue weighted by Gasteiger charge is 2.42. The van der Waals surface area contributed by atoms with E-state index in [-0.39, 0.29) is 4.75 Å². The number of nitrogens with zero attached hydrogens (tertiary/aromatic N) is 2. The molecule has 0 spiro atoms. The Hall–Kier alpha value is -1.83. The second-order valence-corrected chi connectivity index (χ2v) is 10.3. The highest BCUT2D eigenvalue weighted by molar-refractivity contribution is 8.01. The van der Waals surface area contributed by atoms with E-state index in [0.717, 1.165) is 21.1 Å². The lowest BCUT2D eigenvalue weighted by molar-refractivity contribution is 0.483. The lowest BCUT2D eigenvalue weighted by atomic mass is 10.00. The maximum absolute atomic E-state index is 8.33. The first-order chi connectivity index (χ1) is 12.8. The number of hydrogen-bond donors (Lipinski definition) is 2. The van der Waals surface area contributed by atoms with Gasteiger partial charge in [-0.15, -0.1) is 33.3 Å². The third-order valence-electron chi connectivity index (χ3n) is 4.57. The van der Waals surface area contributed by atoms with Gasteiger partial charge in [0.2, 0.25) is 5.89 Å². The first-order valence-corrected chi connectivity index (χ1v) is 10.7. The molecule has 3 heterocycles. The van der Waals surface area contributed by atoms with Crippen LogP contribution in [0.2, 0.25) is 5.02 Å². The van der Waals surface area contributed by atoms with Crippen molar-refractivity contribution in [1.82, 2.24) is 15.5 Å². The first-order valence-electron chi connectivity index (χ1n) is 8.49. The molecule has 5 nitrogen and oxygen atoms in total. The molecule has 27 heavy (non-hydrogen) atoms. The molecule has 2 N–H and O–H groups in total. The van der Waals surface area contributed by atoms with Gasteiger partial charge in [-0.1, -0.05) is 29.8 Å². The molecule has 8 heteroatoms. The van der Waals surface area contributed by atoms with Crippen LogP contribution in [0.3, 0.4) is 0 Å². The zero-order chi connectivity index (χ0) is 19.2. The second kappa shape index (κ2) is 6.65. The molecule has 3 aromatic rings. The number of thioether (sulfide) groups is 1. The van der Waals surface area contributed by atoms with Crippen molar-refractivity contribution in [2.45, 2.75) is 31.1 Å². The molecule has 1 aliphatic heterocycles. The number of aromatic nitrogens is 2. The van der Waals surface area contributed by atoms with Crippen LogP contribution in [-0.2, 0) is 5.54 Å². The van der Waals surface area contributed by atoms with Crippen LogP contribution in [0.5, 0.6) is 0 Å². The van der Waals surface area contributed by atoms with Gasteiger partial charge < -0.3 is 9.73 Å². The third kappa shape index (κ3) is 3.39. The molecule has 1 fully saturated rings. The standard InChI is InChI=1S/C19H19ClN4OS2/c1-18(2)17(21)22-19(3,10-26-18)14-12(20)9-13(27-14)16-24-23-15(25-16)11-7-5-4-6-8-11/h4-9H,10H2,1-3H3,(H2,21,22)/t19-/m0/s1. The van der Waals surface area contributed by atoms with Crippen molar-refractivity contribution in [3.63, 3.8) is 0 Å². The molecular weight excluding hydrogens is 400 g/mol. The zero-order valence-corrected chi connectivity index (χ0v) is 17.6. The average molecular weight is 419 g/mol. The molecule has 1 aliphatic rings. The molecule has 1 saturated heterocycles. The summed E-state index contributed by atoms with van der Waals surface area (Å²) in [5, 5.41) is 20.7. The molecule has 0 bridgehead atoms. The summed E-state index contributed by atoms with van der Waals surface area (Å²) >= 11 is 9.84. The van der Waals surface area contributed by atoms with Gasteiger partial charge in [-0.05, 0) is 39.0 Å². The monoisotopic (exact) mass is 418 g/mol. The number of rotatable bonds is 3. The Labute approximate surface area is 171 Å². The fourth-order valence-electron chi connectivity index (χ4n) is 2.85. The molecule has 0 saturated carbocycles. The van der Waals surface area contributed by atoms with Crippen LogP contribution in [-0.4, -0.2) is 26.5 Å². The van der Waals surface area contributed by atoms with Crippen molar-refractivity contribution < 1.29 is 4.42 Å². The summed E-state index contributed by atoms with van der Waals surface area (Å²) in [6.45, 7) is 6.18. The van der Waals surface area contributed by atoms with Crippen LogP contribution < -0.4 is 5.32 Å². The maximum Gasteiger partial charge on any atom is 0.258 e. The smallest absolute Gasteiger partial charge is 0.258 e. The van der Waals surface area contributed by atoms with Crippen LogP contribution in [0.15, 0.2) is 40.8 Å². The van der Waals surface area contributed by atoms with Crippen LogP contribution in [0.4, 0.5) is 0 Å². The van der Waals surface area contributed by atoms with Crippen LogP contribution >= 0.6 is 34.7 Å². The summed E-state index contributed by atoms with van der Waals surface area (Å²) in [4.78, 5) is 1.81. The topological polar surface area (TPSA) is 74.8 Å². The molecule has 2 aromatic heterocycles. The van der Waals surface area contributed by atoms with E-state index in [9.17, 15) is 0 Å². The van der Waals surface area contributed by atoms with E-state index in [1.165, 1.54) is 11.3 Å². The van der Waals surface area contributed by atoms with Gasteiger partial charge >= 0.3 is 0 Å². The predicted molar refractivity (Wildman–Crippen MR) is 113 cm³/mol. The van der Waals surface area contributed by atoms with E-state index in [2.05, 4.69) is 36.3 Å². The van der Waals surface area contributed by atoms with Gasteiger partial charge in [-0.25, -0.2) is 0 Å². The van der Waals surface area contributed by atoms with Crippen molar-refractivity contribution in [1.29, 1.82) is 5.41 Å². The quantitative estimate of drug-likeness (QED) is 0.593. The van der Waals surface area contributed by atoms with Gasteiger partial charge in [0, 0.05) is 16.2 Å². The Morgan fingerprint density at radius 3 is 2.56 bits per heavy atom. The van der Waals surface area contributed by atoms with E-state index < -0.39 is 5.54 Å². The summed E-state index contributed by atoms with van der Waals surface area (Å²) in [6.07, 6.45) is 0. The van der Waals surface area contributed by atoms with Crippen molar-refractivity contribution in [3.05, 3.63) is 46.3 Å². The lowest BCUT2D eigenvalue weighted by Gasteiger charge is -2.42. The number of amidine groups is 1. The predicted octanol–water partition coefficient (Wildman–Crippen LogP) is 5.43. The van der Waals surface area contributed by atoms with Crippen LogP contribution in [0, 0.1) is 5.41 Å². The van der Waals surface area contributed by atoms with Crippen molar-refractivity contribution in [3.8, 4) is 22.2 Å². The van der Waals surface area contributed by atoms with Gasteiger partial charge in [0.05, 0.1) is 20.2 Å². The Balaban J connectivity index is 1.65. The highest BCUT2D eigenvalue weighted by Crippen LogP contribution is 2.45. The van der Waals surface area contributed by atoms with E-state index in [4.69, 9.17) is 21.4 Å². The Kier molecular flexibility index (Phi) is 4.56. The summed E-state index contributed by atoms with van der Waals surface area (Å²) in [7, 11) is 0. The van der Waals surface area contributed by atoms with Crippen molar-refractivity contribution in [2.75, 3.05) is 5.75 Å². The minimum absolute atomic E-state index is 0.219. The lowest BCUT2D eigenvalue weighted by Crippen LogP contribution is -2.56. The summed E-state index contributed by atoms with van der Waals surface area (Å²) in [5.41, 5.74) is 0.478.